The Balaban J connectivity index is 1.18. The second-order valence-electron chi connectivity index (χ2n) is 14.3. The third kappa shape index (κ3) is 8.58. The molecule has 0 radical (unpaired) electrons. The molecule has 5 rings (SSSR count). The Morgan fingerprint density at radius 3 is 2.49 bits per heavy atom. The van der Waals surface area contributed by atoms with E-state index in [0.717, 1.165) is 64.6 Å². The molecule has 260 valence electrons. The average molecular weight is 700 g/mol. The van der Waals surface area contributed by atoms with Crippen molar-refractivity contribution in [3.8, 4) is 5.75 Å². The summed E-state index contributed by atoms with van der Waals surface area (Å²) in [6.45, 7) is 19.3. The van der Waals surface area contributed by atoms with Crippen LogP contribution in [0.2, 0.25) is 5.02 Å². The fourth-order valence-electron chi connectivity index (χ4n) is 5.86. The van der Waals surface area contributed by atoms with E-state index in [4.69, 9.17) is 21.3 Å². The summed E-state index contributed by atoms with van der Waals surface area (Å²) in [5, 5.41) is 13.9. The number of nitrogens with one attached hydrogen (secondary N) is 1. The van der Waals surface area contributed by atoms with E-state index in [2.05, 4.69) is 111 Å². The Morgan fingerprint density at radius 1 is 0.980 bits per heavy atom. The van der Waals surface area contributed by atoms with Gasteiger partial charge in [-0.1, -0.05) is 101 Å². The molecule has 2 heterocycles. The van der Waals surface area contributed by atoms with Crippen LogP contribution in [-0.2, 0) is 22.2 Å². The van der Waals surface area contributed by atoms with Gasteiger partial charge in [-0.25, -0.2) is 4.98 Å². The van der Waals surface area contributed by atoms with Gasteiger partial charge >= 0.3 is 0 Å². The summed E-state index contributed by atoms with van der Waals surface area (Å²) >= 11 is 7.61. The zero-order valence-electron chi connectivity index (χ0n) is 30.2. The van der Waals surface area contributed by atoms with Gasteiger partial charge in [-0.05, 0) is 91.8 Å². The molecule has 0 aliphatic heterocycles. The van der Waals surface area contributed by atoms with Crippen molar-refractivity contribution in [1.82, 2.24) is 25.1 Å². The van der Waals surface area contributed by atoms with Crippen molar-refractivity contribution in [2.45, 2.75) is 109 Å². The molecule has 1 N–H and O–H groups in total. The lowest BCUT2D eigenvalue weighted by atomic mass is 9.76. The summed E-state index contributed by atoms with van der Waals surface area (Å²) in [7, 11) is 0. The Labute approximate surface area is 300 Å². The monoisotopic (exact) mass is 699 g/mol. The highest BCUT2D eigenvalue weighted by Crippen LogP contribution is 2.38. The summed E-state index contributed by atoms with van der Waals surface area (Å²) < 4.78 is 8.47. The third-order valence-electron chi connectivity index (χ3n) is 9.87. The SMILES string of the molecule is CCC(C)(C)c1ccc(OCCCCNC(=O)C(C)Sc2nnc3c4cc(C)ccc4n(Cc4cccc(Cl)c4)c3n2)c(C(C)(C)CC)c1. The quantitative estimate of drug-likeness (QED) is 0.0866. The predicted molar refractivity (Wildman–Crippen MR) is 204 cm³/mol. The van der Waals surface area contributed by atoms with Crippen molar-refractivity contribution in [2.75, 3.05) is 13.2 Å². The minimum absolute atomic E-state index is 0.0204. The van der Waals surface area contributed by atoms with Gasteiger partial charge in [0.2, 0.25) is 11.1 Å². The maximum atomic E-state index is 13.1. The van der Waals surface area contributed by atoms with Gasteiger partial charge in [-0.3, -0.25) is 4.79 Å². The summed E-state index contributed by atoms with van der Waals surface area (Å²) in [5.41, 5.74) is 7.48. The second kappa shape index (κ2) is 15.5. The number of amides is 1. The third-order valence-corrected chi connectivity index (χ3v) is 11.1. The highest BCUT2D eigenvalue weighted by Gasteiger charge is 2.27. The van der Waals surface area contributed by atoms with Crippen LogP contribution in [0.15, 0.2) is 65.8 Å². The Bertz CT molecular complexity index is 1940. The van der Waals surface area contributed by atoms with Crippen LogP contribution >= 0.6 is 23.4 Å². The second-order valence-corrected chi connectivity index (χ2v) is 16.0. The molecule has 1 amide bonds. The first kappa shape index (κ1) is 36.7. The van der Waals surface area contributed by atoms with Gasteiger partial charge in [0.25, 0.3) is 0 Å². The molecular formula is C40H50ClN5O2S. The summed E-state index contributed by atoms with van der Waals surface area (Å²) in [6.07, 6.45) is 3.78. The summed E-state index contributed by atoms with van der Waals surface area (Å²) in [6, 6.07) is 20.8. The molecule has 0 saturated heterocycles. The van der Waals surface area contributed by atoms with Crippen LogP contribution in [0.4, 0.5) is 0 Å². The number of ether oxygens (including phenoxy) is 1. The Hall–Kier alpha value is -3.62. The van der Waals surface area contributed by atoms with Crippen LogP contribution in [0.3, 0.4) is 0 Å². The Kier molecular flexibility index (Phi) is 11.6. The van der Waals surface area contributed by atoms with E-state index in [0.29, 0.717) is 29.9 Å². The van der Waals surface area contributed by atoms with Crippen molar-refractivity contribution < 1.29 is 9.53 Å². The van der Waals surface area contributed by atoms with Crippen LogP contribution in [0.25, 0.3) is 22.1 Å². The number of aromatic nitrogens is 4. The molecule has 0 bridgehead atoms. The number of benzene rings is 3. The lowest BCUT2D eigenvalue weighted by molar-refractivity contribution is -0.120. The van der Waals surface area contributed by atoms with Gasteiger partial charge in [-0.15, -0.1) is 10.2 Å². The van der Waals surface area contributed by atoms with Gasteiger partial charge in [0.15, 0.2) is 5.65 Å². The van der Waals surface area contributed by atoms with Crippen LogP contribution in [0.1, 0.15) is 96.4 Å². The topological polar surface area (TPSA) is 81.9 Å². The van der Waals surface area contributed by atoms with Crippen molar-refractivity contribution in [3.63, 3.8) is 0 Å². The van der Waals surface area contributed by atoms with E-state index in [1.165, 1.54) is 22.9 Å². The molecule has 3 aromatic carbocycles. The van der Waals surface area contributed by atoms with E-state index in [9.17, 15) is 4.79 Å². The van der Waals surface area contributed by atoms with Crippen molar-refractivity contribution in [3.05, 3.63) is 87.9 Å². The van der Waals surface area contributed by atoms with Gasteiger partial charge < -0.3 is 14.6 Å². The number of fused-ring (bicyclic) bond motifs is 3. The van der Waals surface area contributed by atoms with Gasteiger partial charge in [-0.2, -0.15) is 0 Å². The zero-order chi connectivity index (χ0) is 35.3. The maximum Gasteiger partial charge on any atom is 0.233 e. The number of unbranched alkanes of at least 4 members (excludes halogenated alkanes) is 1. The first-order valence-electron chi connectivity index (χ1n) is 17.4. The van der Waals surface area contributed by atoms with E-state index >= 15 is 0 Å². The number of hydrogen-bond acceptors (Lipinski definition) is 6. The lowest BCUT2D eigenvalue weighted by Gasteiger charge is -2.30. The van der Waals surface area contributed by atoms with Crippen molar-refractivity contribution >= 4 is 51.3 Å². The molecule has 2 aromatic heterocycles. The fraction of sp³-hybridized carbons (Fsp3) is 0.450. The molecule has 49 heavy (non-hydrogen) atoms. The minimum Gasteiger partial charge on any atom is -0.493 e. The molecule has 9 heteroatoms. The molecule has 7 nitrogen and oxygen atoms in total. The first-order chi connectivity index (χ1) is 23.3. The van der Waals surface area contributed by atoms with E-state index < -0.39 is 0 Å². The number of thioether (sulfide) groups is 1. The number of halogens is 1. The van der Waals surface area contributed by atoms with Crippen LogP contribution in [0, 0.1) is 6.92 Å². The van der Waals surface area contributed by atoms with E-state index in [-0.39, 0.29) is 22.0 Å². The normalized spacial score (nSPS) is 12.8. The van der Waals surface area contributed by atoms with Crippen molar-refractivity contribution in [2.24, 2.45) is 0 Å². The van der Waals surface area contributed by atoms with E-state index in [1.54, 1.807) is 0 Å². The van der Waals surface area contributed by atoms with Crippen LogP contribution < -0.4 is 10.1 Å². The number of rotatable bonds is 15. The molecule has 0 saturated carbocycles. The smallest absolute Gasteiger partial charge is 0.233 e. The van der Waals surface area contributed by atoms with Crippen LogP contribution in [-0.4, -0.2) is 44.1 Å². The number of hydrogen-bond donors (Lipinski definition) is 1. The summed E-state index contributed by atoms with van der Waals surface area (Å²) in [4.78, 5) is 18.0. The van der Waals surface area contributed by atoms with Crippen LogP contribution in [0.5, 0.6) is 5.75 Å². The molecule has 0 aliphatic carbocycles. The number of carbonyl (C=O) groups is 1. The average Bonchev–Trinajstić information content (AvgIpc) is 3.37. The lowest BCUT2D eigenvalue weighted by Crippen LogP contribution is -2.32. The first-order valence-corrected chi connectivity index (χ1v) is 18.7. The highest BCUT2D eigenvalue weighted by molar-refractivity contribution is 8.00. The maximum absolute atomic E-state index is 13.1. The zero-order valence-corrected chi connectivity index (χ0v) is 31.8. The van der Waals surface area contributed by atoms with Gasteiger partial charge in [0.05, 0.1) is 17.4 Å². The highest BCUT2D eigenvalue weighted by atomic mass is 35.5. The summed E-state index contributed by atoms with van der Waals surface area (Å²) in [5.74, 6) is 0.912. The fourth-order valence-corrected chi connectivity index (χ4v) is 6.81. The molecule has 0 aliphatic rings. The molecule has 5 aromatic rings. The number of aryl methyl sites for hydroxylation is 1. The minimum atomic E-state index is -0.381. The van der Waals surface area contributed by atoms with Gasteiger partial charge in [0.1, 0.15) is 11.3 Å². The molecule has 1 unspecified atom stereocenters. The van der Waals surface area contributed by atoms with Crippen molar-refractivity contribution in [1.29, 1.82) is 0 Å². The molecular weight excluding hydrogens is 650 g/mol. The standard InChI is InChI=1S/C40H50ClN5O2S/c1-9-39(5,6)29-17-19-34(32(24-29)40(7,8)10-2)48-21-12-11-20-42-37(47)27(4)49-38-43-36-35(44-45-38)31-22-26(3)16-18-33(31)46(36)25-28-14-13-15-30(41)23-28/h13-19,22-24,27H,9-12,20-21,25H2,1-8H3,(H,42,47). The predicted octanol–water partition coefficient (Wildman–Crippen LogP) is 9.82. The largest absolute Gasteiger partial charge is 0.493 e. The Morgan fingerprint density at radius 2 is 1.76 bits per heavy atom. The number of nitrogens with zero attached hydrogens (tertiary/aromatic N) is 4. The molecule has 0 fully saturated rings. The van der Waals surface area contributed by atoms with Gasteiger partial charge in [0, 0.05) is 29.1 Å². The van der Waals surface area contributed by atoms with E-state index in [1.807, 2.05) is 25.1 Å². The number of carbonyl (C=O) groups excluding carboxylic acids is 1. The molecule has 1 atom stereocenters. The molecule has 0 spiro atoms.